The third kappa shape index (κ3) is 3.37. The Balaban J connectivity index is 2.25. The zero-order valence-electron chi connectivity index (χ0n) is 13.2. The molecule has 0 aliphatic rings. The van der Waals surface area contributed by atoms with Crippen molar-refractivity contribution in [2.75, 3.05) is 20.6 Å². The smallest absolute Gasteiger partial charge is 0.278 e. The molecule has 1 aromatic carbocycles. The molecule has 0 bridgehead atoms. The zero-order chi connectivity index (χ0) is 16.5. The van der Waals surface area contributed by atoms with Crippen molar-refractivity contribution in [3.05, 3.63) is 45.2 Å². The number of benzene rings is 1. The lowest BCUT2D eigenvalue weighted by Crippen LogP contribution is -2.37. The number of fused-ring (bicyclic) bond motifs is 1. The molecule has 0 atom stereocenters. The summed E-state index contributed by atoms with van der Waals surface area (Å²) >= 11 is 0. The summed E-state index contributed by atoms with van der Waals surface area (Å²) in [5.41, 5.74) is 3.40. The van der Waals surface area contributed by atoms with Gasteiger partial charge in [0.2, 0.25) is 0 Å². The van der Waals surface area contributed by atoms with Crippen molar-refractivity contribution >= 4 is 21.1 Å². The third-order valence-electron chi connectivity index (χ3n) is 3.79. The first-order chi connectivity index (χ1) is 10.2. The summed E-state index contributed by atoms with van der Waals surface area (Å²) in [5, 5.41) is 0.952. The quantitative estimate of drug-likeness (QED) is 0.864. The van der Waals surface area contributed by atoms with Gasteiger partial charge < -0.3 is 4.98 Å². The Morgan fingerprint density at radius 2 is 1.91 bits per heavy atom. The summed E-state index contributed by atoms with van der Waals surface area (Å²) in [6.07, 6.45) is 0.339. The standard InChI is InChI=1S/C15H21N3O3S/c1-10-5-6-12-9-13(15(19)17-14(12)11(10)2)7-8-16-22(20,21)18(3)4/h5-6,9,16H,7-8H2,1-4H3,(H,17,19). The van der Waals surface area contributed by atoms with Crippen molar-refractivity contribution in [3.8, 4) is 0 Å². The molecule has 0 spiro atoms. The normalized spacial score (nSPS) is 12.2. The van der Waals surface area contributed by atoms with Crippen LogP contribution in [0, 0.1) is 13.8 Å². The van der Waals surface area contributed by atoms with Crippen LogP contribution in [0.15, 0.2) is 23.0 Å². The van der Waals surface area contributed by atoms with Gasteiger partial charge in [0, 0.05) is 26.2 Å². The molecule has 0 aliphatic heterocycles. The molecular formula is C15H21N3O3S. The van der Waals surface area contributed by atoms with Gasteiger partial charge in [-0.1, -0.05) is 12.1 Å². The lowest BCUT2D eigenvalue weighted by molar-refractivity contribution is 0.506. The molecule has 22 heavy (non-hydrogen) atoms. The van der Waals surface area contributed by atoms with Crippen molar-refractivity contribution in [1.82, 2.24) is 14.0 Å². The van der Waals surface area contributed by atoms with Gasteiger partial charge in [0.15, 0.2) is 0 Å². The number of hydrogen-bond acceptors (Lipinski definition) is 3. The Bertz CT molecular complexity index is 854. The molecular weight excluding hydrogens is 302 g/mol. The monoisotopic (exact) mass is 323 g/mol. The highest BCUT2D eigenvalue weighted by atomic mass is 32.2. The third-order valence-corrected chi connectivity index (χ3v) is 5.32. The Hall–Kier alpha value is -1.70. The minimum absolute atomic E-state index is 0.176. The van der Waals surface area contributed by atoms with Crippen LogP contribution in [0.3, 0.4) is 0 Å². The molecule has 0 radical (unpaired) electrons. The van der Waals surface area contributed by atoms with E-state index in [9.17, 15) is 13.2 Å². The fraction of sp³-hybridized carbons (Fsp3) is 0.400. The van der Waals surface area contributed by atoms with Crippen LogP contribution >= 0.6 is 0 Å². The maximum absolute atomic E-state index is 12.1. The number of aryl methyl sites for hydroxylation is 2. The zero-order valence-corrected chi connectivity index (χ0v) is 14.0. The van der Waals surface area contributed by atoms with Crippen LogP contribution in [0.4, 0.5) is 0 Å². The van der Waals surface area contributed by atoms with E-state index in [0.717, 1.165) is 26.3 Å². The predicted molar refractivity (Wildman–Crippen MR) is 88.4 cm³/mol. The first-order valence-electron chi connectivity index (χ1n) is 7.01. The summed E-state index contributed by atoms with van der Waals surface area (Å²) in [7, 11) is -0.556. The number of H-pyrrole nitrogens is 1. The largest absolute Gasteiger partial charge is 0.321 e. The SMILES string of the molecule is Cc1ccc2cc(CCNS(=O)(=O)N(C)C)c(=O)[nH]c2c1C. The van der Waals surface area contributed by atoms with Crippen LogP contribution in [0.1, 0.15) is 16.7 Å². The van der Waals surface area contributed by atoms with E-state index in [-0.39, 0.29) is 12.1 Å². The van der Waals surface area contributed by atoms with E-state index in [1.165, 1.54) is 14.1 Å². The molecule has 7 heteroatoms. The first kappa shape index (κ1) is 16.7. The average Bonchev–Trinajstić information content (AvgIpc) is 2.44. The van der Waals surface area contributed by atoms with Crippen LogP contribution in [0.25, 0.3) is 10.9 Å². The van der Waals surface area contributed by atoms with Crippen molar-refractivity contribution < 1.29 is 8.42 Å². The second-order valence-electron chi connectivity index (χ2n) is 5.53. The first-order valence-corrected chi connectivity index (χ1v) is 8.45. The molecule has 0 fully saturated rings. The summed E-state index contributed by atoms with van der Waals surface area (Å²) < 4.78 is 26.8. The Labute approximate surface area is 130 Å². The van der Waals surface area contributed by atoms with Gasteiger partial charge in [-0.15, -0.1) is 0 Å². The molecule has 120 valence electrons. The Morgan fingerprint density at radius 1 is 1.23 bits per heavy atom. The second kappa shape index (κ2) is 6.20. The number of hydrogen-bond donors (Lipinski definition) is 2. The summed E-state index contributed by atoms with van der Waals surface area (Å²) in [6.45, 7) is 4.15. The molecule has 1 aromatic heterocycles. The highest BCUT2D eigenvalue weighted by Crippen LogP contribution is 2.18. The van der Waals surface area contributed by atoms with Crippen LogP contribution in [-0.4, -0.2) is 38.3 Å². The van der Waals surface area contributed by atoms with Crippen molar-refractivity contribution in [1.29, 1.82) is 0 Å². The van der Waals surface area contributed by atoms with Gasteiger partial charge in [0.05, 0.1) is 5.52 Å². The number of pyridine rings is 1. The lowest BCUT2D eigenvalue weighted by Gasteiger charge is -2.12. The van der Waals surface area contributed by atoms with E-state index in [1.807, 2.05) is 32.0 Å². The van der Waals surface area contributed by atoms with Gasteiger partial charge in [-0.25, -0.2) is 4.72 Å². The van der Waals surface area contributed by atoms with Gasteiger partial charge in [0.1, 0.15) is 0 Å². The van der Waals surface area contributed by atoms with E-state index in [1.54, 1.807) is 0 Å². The van der Waals surface area contributed by atoms with Crippen molar-refractivity contribution in [2.24, 2.45) is 0 Å². The number of rotatable bonds is 5. The highest BCUT2D eigenvalue weighted by molar-refractivity contribution is 7.87. The fourth-order valence-corrected chi connectivity index (χ4v) is 2.82. The van der Waals surface area contributed by atoms with E-state index in [4.69, 9.17) is 0 Å². The summed E-state index contributed by atoms with van der Waals surface area (Å²) in [5.74, 6) is 0. The molecule has 2 rings (SSSR count). The number of nitrogens with one attached hydrogen (secondary N) is 2. The van der Waals surface area contributed by atoms with Gasteiger partial charge >= 0.3 is 0 Å². The number of aromatic nitrogens is 1. The Morgan fingerprint density at radius 3 is 2.55 bits per heavy atom. The van der Waals surface area contributed by atoms with Gasteiger partial charge in [-0.2, -0.15) is 12.7 Å². The molecule has 2 N–H and O–H groups in total. The number of aromatic amines is 1. The molecule has 0 saturated carbocycles. The topological polar surface area (TPSA) is 82.3 Å². The molecule has 0 amide bonds. The van der Waals surface area contributed by atoms with Gasteiger partial charge in [-0.3, -0.25) is 4.79 Å². The minimum Gasteiger partial charge on any atom is -0.321 e. The maximum atomic E-state index is 12.1. The van der Waals surface area contributed by atoms with E-state index >= 15 is 0 Å². The van der Waals surface area contributed by atoms with Gasteiger partial charge in [-0.05, 0) is 42.8 Å². The minimum atomic E-state index is -3.46. The molecule has 1 heterocycles. The van der Waals surface area contributed by atoms with E-state index in [2.05, 4.69) is 9.71 Å². The highest BCUT2D eigenvalue weighted by Gasteiger charge is 2.12. The van der Waals surface area contributed by atoms with Crippen molar-refractivity contribution in [2.45, 2.75) is 20.3 Å². The molecule has 0 saturated heterocycles. The predicted octanol–water partition coefficient (Wildman–Crippen LogP) is 1.08. The maximum Gasteiger partial charge on any atom is 0.278 e. The fourth-order valence-electron chi connectivity index (χ4n) is 2.20. The molecule has 0 aliphatic carbocycles. The van der Waals surface area contributed by atoms with Gasteiger partial charge in [0.25, 0.3) is 15.8 Å². The number of nitrogens with zero attached hydrogens (tertiary/aromatic N) is 1. The Kier molecular flexibility index (Phi) is 4.69. The molecule has 6 nitrogen and oxygen atoms in total. The summed E-state index contributed by atoms with van der Waals surface area (Å²) in [6, 6.07) is 5.79. The van der Waals surface area contributed by atoms with Crippen LogP contribution < -0.4 is 10.3 Å². The van der Waals surface area contributed by atoms with E-state index < -0.39 is 10.2 Å². The van der Waals surface area contributed by atoms with E-state index in [0.29, 0.717) is 12.0 Å². The average molecular weight is 323 g/mol. The van der Waals surface area contributed by atoms with Crippen molar-refractivity contribution in [3.63, 3.8) is 0 Å². The van der Waals surface area contributed by atoms with Crippen LogP contribution in [-0.2, 0) is 16.6 Å². The molecule has 2 aromatic rings. The van der Waals surface area contributed by atoms with Crippen LogP contribution in [0.5, 0.6) is 0 Å². The summed E-state index contributed by atoms with van der Waals surface area (Å²) in [4.78, 5) is 15.0. The second-order valence-corrected chi connectivity index (χ2v) is 7.50. The van der Waals surface area contributed by atoms with Crippen LogP contribution in [0.2, 0.25) is 0 Å². The molecule has 0 unspecified atom stereocenters. The lowest BCUT2D eigenvalue weighted by atomic mass is 10.0.